The van der Waals surface area contributed by atoms with Crippen molar-refractivity contribution in [3.05, 3.63) is 29.8 Å². The molecule has 1 aromatic rings. The van der Waals surface area contributed by atoms with Crippen LogP contribution in [0.3, 0.4) is 0 Å². The maximum Gasteiger partial charge on any atom is 0.407 e. The Morgan fingerprint density at radius 3 is 1.96 bits per heavy atom. The summed E-state index contributed by atoms with van der Waals surface area (Å²) in [4.78, 5) is 62.2. The van der Waals surface area contributed by atoms with Crippen LogP contribution in [-0.4, -0.2) is 55.0 Å². The van der Waals surface area contributed by atoms with Crippen molar-refractivity contribution in [3.8, 4) is 0 Å². The standard InChI is InChI=1S/C33H56N6O6/c1-22(2)27(39-26(40)16-18-33(6,7)8)29(42)38-25(11-9-19-35-30(34)43)28(41)37-24-14-12-23(13-15-24)21-45-31(44)36-20-10-17-32(3,4)5/h12-15,22,25,27H,9-11,16-21H2,1-8H3,(H,36,44)(H,37,41)(H,38,42)(H,39,40)(H3,34,35,43)/t25-,27-/m0/s1. The van der Waals surface area contributed by atoms with Gasteiger partial charge in [-0.1, -0.05) is 67.5 Å². The van der Waals surface area contributed by atoms with Crippen molar-refractivity contribution in [3.63, 3.8) is 0 Å². The number of primary amides is 1. The van der Waals surface area contributed by atoms with Gasteiger partial charge >= 0.3 is 12.1 Å². The molecule has 6 amide bonds. The zero-order valence-corrected chi connectivity index (χ0v) is 28.4. The van der Waals surface area contributed by atoms with E-state index in [1.807, 2.05) is 34.6 Å². The number of amides is 6. The number of rotatable bonds is 17. The van der Waals surface area contributed by atoms with Crippen molar-refractivity contribution in [2.45, 2.75) is 113 Å². The number of urea groups is 1. The van der Waals surface area contributed by atoms with Crippen LogP contribution in [0.1, 0.15) is 99.5 Å². The molecule has 0 spiro atoms. The summed E-state index contributed by atoms with van der Waals surface area (Å²) in [5.74, 6) is -1.37. The fourth-order valence-corrected chi connectivity index (χ4v) is 4.24. The minimum atomic E-state index is -0.940. The molecule has 7 N–H and O–H groups in total. The first-order valence-corrected chi connectivity index (χ1v) is 15.8. The lowest BCUT2D eigenvalue weighted by molar-refractivity contribution is -0.132. The molecule has 2 atom stereocenters. The Balaban J connectivity index is 2.80. The van der Waals surface area contributed by atoms with Gasteiger partial charge in [0.2, 0.25) is 17.7 Å². The second-order valence-electron chi connectivity index (χ2n) is 14.2. The van der Waals surface area contributed by atoms with E-state index >= 15 is 0 Å². The van der Waals surface area contributed by atoms with E-state index in [-0.39, 0.29) is 48.6 Å². The average Bonchev–Trinajstić information content (AvgIpc) is 2.92. The molecule has 1 aromatic carbocycles. The molecule has 0 unspecified atom stereocenters. The first-order valence-electron chi connectivity index (χ1n) is 15.8. The highest BCUT2D eigenvalue weighted by atomic mass is 16.5. The van der Waals surface area contributed by atoms with Gasteiger partial charge in [0, 0.05) is 25.2 Å². The number of anilines is 1. The fraction of sp³-hybridized carbons (Fsp3) is 0.667. The molecule has 12 heteroatoms. The van der Waals surface area contributed by atoms with Gasteiger partial charge < -0.3 is 37.1 Å². The summed E-state index contributed by atoms with van der Waals surface area (Å²) in [5, 5.41) is 13.6. The number of nitrogens with two attached hydrogens (primary N) is 1. The molecule has 0 bridgehead atoms. The molecule has 0 aliphatic heterocycles. The number of carbonyl (C=O) groups is 5. The van der Waals surface area contributed by atoms with E-state index in [0.29, 0.717) is 25.1 Å². The third-order valence-electron chi connectivity index (χ3n) is 6.93. The highest BCUT2D eigenvalue weighted by molar-refractivity contribution is 5.98. The first kappa shape index (κ1) is 39.2. The van der Waals surface area contributed by atoms with Gasteiger partial charge in [0.25, 0.3) is 0 Å². The molecule has 12 nitrogen and oxygen atoms in total. The lowest BCUT2D eigenvalue weighted by atomic mass is 9.90. The van der Waals surface area contributed by atoms with Crippen LogP contribution in [0.5, 0.6) is 0 Å². The quantitative estimate of drug-likeness (QED) is 0.137. The van der Waals surface area contributed by atoms with Gasteiger partial charge in [-0.2, -0.15) is 0 Å². The molecule has 0 saturated heterocycles. The molecular formula is C33H56N6O6. The Kier molecular flexibility index (Phi) is 16.4. The normalized spacial score (nSPS) is 12.9. The molecule has 1 rings (SSSR count). The van der Waals surface area contributed by atoms with Crippen molar-refractivity contribution >= 4 is 35.5 Å². The Morgan fingerprint density at radius 1 is 0.800 bits per heavy atom. The Morgan fingerprint density at radius 2 is 1.40 bits per heavy atom. The summed E-state index contributed by atoms with van der Waals surface area (Å²) >= 11 is 0. The third kappa shape index (κ3) is 18.5. The van der Waals surface area contributed by atoms with Crippen LogP contribution in [0.15, 0.2) is 24.3 Å². The van der Waals surface area contributed by atoms with Gasteiger partial charge in [0.05, 0.1) is 0 Å². The Hall–Kier alpha value is -3.83. The molecule has 45 heavy (non-hydrogen) atoms. The van der Waals surface area contributed by atoms with Crippen LogP contribution in [0, 0.1) is 16.7 Å². The molecule has 0 aromatic heterocycles. The van der Waals surface area contributed by atoms with Crippen LogP contribution in [-0.2, 0) is 25.7 Å². The molecular weight excluding hydrogens is 576 g/mol. The summed E-state index contributed by atoms with van der Waals surface area (Å²) in [7, 11) is 0. The van der Waals surface area contributed by atoms with E-state index in [9.17, 15) is 24.0 Å². The van der Waals surface area contributed by atoms with E-state index in [4.69, 9.17) is 10.5 Å². The van der Waals surface area contributed by atoms with Crippen LogP contribution < -0.4 is 32.3 Å². The minimum Gasteiger partial charge on any atom is -0.445 e. The zero-order valence-electron chi connectivity index (χ0n) is 28.4. The molecule has 0 heterocycles. The van der Waals surface area contributed by atoms with Gasteiger partial charge in [0.15, 0.2) is 0 Å². The Bertz CT molecular complexity index is 1110. The van der Waals surface area contributed by atoms with Crippen LogP contribution in [0.2, 0.25) is 0 Å². The number of ether oxygens (including phenoxy) is 1. The van der Waals surface area contributed by atoms with Gasteiger partial charge in [-0.3, -0.25) is 14.4 Å². The molecule has 0 aliphatic rings. The first-order chi connectivity index (χ1) is 20.9. The summed E-state index contributed by atoms with van der Waals surface area (Å²) in [5.41, 5.74) is 6.55. The number of hydrogen-bond acceptors (Lipinski definition) is 6. The van der Waals surface area contributed by atoms with E-state index in [1.165, 1.54) is 0 Å². The molecule has 0 saturated carbocycles. The topological polar surface area (TPSA) is 181 Å². The van der Waals surface area contributed by atoms with Gasteiger partial charge in [-0.25, -0.2) is 9.59 Å². The van der Waals surface area contributed by atoms with E-state index in [1.54, 1.807) is 24.3 Å². The van der Waals surface area contributed by atoms with Gasteiger partial charge in [-0.15, -0.1) is 0 Å². The molecule has 0 radical (unpaired) electrons. The summed E-state index contributed by atoms with van der Waals surface area (Å²) < 4.78 is 5.28. The second-order valence-corrected chi connectivity index (χ2v) is 14.2. The lowest BCUT2D eigenvalue weighted by Gasteiger charge is -2.26. The van der Waals surface area contributed by atoms with Crippen molar-refractivity contribution in [1.29, 1.82) is 0 Å². The summed E-state index contributed by atoms with van der Waals surface area (Å²) in [6.45, 7) is 17.1. The van der Waals surface area contributed by atoms with Crippen molar-refractivity contribution < 1.29 is 28.7 Å². The van der Waals surface area contributed by atoms with E-state index in [2.05, 4.69) is 47.4 Å². The van der Waals surface area contributed by atoms with Gasteiger partial charge in [0.1, 0.15) is 18.7 Å². The van der Waals surface area contributed by atoms with Crippen LogP contribution >= 0.6 is 0 Å². The maximum atomic E-state index is 13.3. The predicted molar refractivity (Wildman–Crippen MR) is 176 cm³/mol. The van der Waals surface area contributed by atoms with Crippen LogP contribution in [0.4, 0.5) is 15.3 Å². The monoisotopic (exact) mass is 632 g/mol. The van der Waals surface area contributed by atoms with E-state index < -0.39 is 36.0 Å². The van der Waals surface area contributed by atoms with Gasteiger partial charge in [-0.05, 0) is 66.5 Å². The summed E-state index contributed by atoms with van der Waals surface area (Å²) in [6, 6.07) is 4.37. The lowest BCUT2D eigenvalue weighted by Crippen LogP contribution is -2.54. The maximum absolute atomic E-state index is 13.3. The fourth-order valence-electron chi connectivity index (χ4n) is 4.24. The smallest absolute Gasteiger partial charge is 0.407 e. The minimum absolute atomic E-state index is 0.0271. The van der Waals surface area contributed by atoms with Crippen molar-refractivity contribution in [2.75, 3.05) is 18.4 Å². The number of nitrogens with one attached hydrogen (secondary N) is 5. The molecule has 0 fully saturated rings. The SMILES string of the molecule is CC(C)[C@H](NC(=O)CCC(C)(C)C)C(=O)N[C@@H](CCCNC(N)=O)C(=O)Nc1ccc(COC(=O)NCCCC(C)(C)C)cc1. The Labute approximate surface area is 268 Å². The number of benzene rings is 1. The van der Waals surface area contributed by atoms with Crippen molar-refractivity contribution in [1.82, 2.24) is 21.3 Å². The molecule has 0 aliphatic carbocycles. The number of alkyl carbamates (subject to hydrolysis) is 1. The highest BCUT2D eigenvalue weighted by Gasteiger charge is 2.29. The average molecular weight is 633 g/mol. The highest BCUT2D eigenvalue weighted by Crippen LogP contribution is 2.21. The summed E-state index contributed by atoms with van der Waals surface area (Å²) in [6.07, 6.45) is 2.90. The van der Waals surface area contributed by atoms with E-state index in [0.717, 1.165) is 18.4 Å². The van der Waals surface area contributed by atoms with Crippen molar-refractivity contribution in [2.24, 2.45) is 22.5 Å². The number of carbonyl (C=O) groups excluding carboxylic acids is 5. The predicted octanol–water partition coefficient (Wildman–Crippen LogP) is 4.58. The third-order valence-corrected chi connectivity index (χ3v) is 6.93. The largest absolute Gasteiger partial charge is 0.445 e. The molecule has 254 valence electrons. The number of hydrogen-bond donors (Lipinski definition) is 6. The van der Waals surface area contributed by atoms with Crippen LogP contribution in [0.25, 0.3) is 0 Å². The second kappa shape index (κ2) is 18.9. The zero-order chi connectivity index (χ0) is 34.2.